The molecule has 1 aliphatic carbocycles. The minimum absolute atomic E-state index is 0.271. The number of anilines is 2. The van der Waals surface area contributed by atoms with Gasteiger partial charge in [-0.3, -0.25) is 0 Å². The fourth-order valence-corrected chi connectivity index (χ4v) is 7.20. The smallest absolute Gasteiger partial charge is 0.209 e. The molecule has 44 heavy (non-hydrogen) atoms. The van der Waals surface area contributed by atoms with E-state index in [1.807, 2.05) is 93.1 Å². The van der Waals surface area contributed by atoms with E-state index in [-0.39, 0.29) is 4.90 Å². The van der Waals surface area contributed by atoms with Crippen LogP contribution in [0.1, 0.15) is 5.56 Å². The number of benzene rings is 5. The van der Waals surface area contributed by atoms with E-state index >= 15 is 0 Å². The quantitative estimate of drug-likeness (QED) is 0.0633. The van der Waals surface area contributed by atoms with E-state index in [1.165, 1.54) is 6.07 Å². The van der Waals surface area contributed by atoms with Crippen LogP contribution in [0.4, 0.5) is 17.1 Å². The average molecular weight is 639 g/mol. The van der Waals surface area contributed by atoms with Gasteiger partial charge in [-0.15, -0.1) is 11.8 Å². The second kappa shape index (κ2) is 12.2. The van der Waals surface area contributed by atoms with Crippen molar-refractivity contribution in [1.82, 2.24) is 4.58 Å². The minimum atomic E-state index is -4.76. The van der Waals surface area contributed by atoms with E-state index in [4.69, 9.17) is 4.42 Å². The highest BCUT2D eigenvalue weighted by Gasteiger charge is 2.23. The highest BCUT2D eigenvalue weighted by molar-refractivity contribution is 7.98. The number of hydrogen-bond acceptors (Lipinski definition) is 7. The van der Waals surface area contributed by atoms with Crippen molar-refractivity contribution in [2.75, 3.05) is 25.3 Å². The summed E-state index contributed by atoms with van der Waals surface area (Å²) in [4.78, 5) is 2.96. The molecule has 0 amide bonds. The van der Waals surface area contributed by atoms with Crippen molar-refractivity contribution in [1.29, 1.82) is 0 Å². The lowest BCUT2D eigenvalue weighted by Crippen LogP contribution is -2.22. The second-order valence-corrected chi connectivity index (χ2v) is 12.9. The summed E-state index contributed by atoms with van der Waals surface area (Å²) in [7, 11) is -0.766. The third kappa shape index (κ3) is 5.52. The van der Waals surface area contributed by atoms with Gasteiger partial charge in [-0.25, -0.2) is 8.42 Å². The van der Waals surface area contributed by atoms with Crippen molar-refractivity contribution in [2.24, 2.45) is 0 Å². The molecule has 0 bridgehead atoms. The average Bonchev–Trinajstić information content (AvgIpc) is 3.05. The van der Waals surface area contributed by atoms with Crippen LogP contribution >= 0.6 is 24.4 Å². The Kier molecular flexibility index (Phi) is 8.30. The molecule has 0 N–H and O–H groups in total. The summed E-state index contributed by atoms with van der Waals surface area (Å²) in [6, 6.07) is 34.3. The largest absolute Gasteiger partial charge is 0.744 e. The van der Waals surface area contributed by atoms with Gasteiger partial charge in [0.25, 0.3) is 0 Å². The van der Waals surface area contributed by atoms with Crippen LogP contribution in [0.15, 0.2) is 123 Å². The van der Waals surface area contributed by atoms with Gasteiger partial charge in [0, 0.05) is 69.2 Å². The van der Waals surface area contributed by atoms with Gasteiger partial charge >= 0.3 is 0 Å². The Hall–Kier alpha value is -4.02. The SMILES string of the molecule is CSc1ccccc1N(C)c1ccc2c(-c3ccccc3S(=O)(=O)[O-])c3ccc(=[N+](C)c4ccccc4CS)cc-3oc2c1. The molecule has 0 fully saturated rings. The van der Waals surface area contributed by atoms with E-state index in [9.17, 15) is 13.0 Å². The maximum atomic E-state index is 12.4. The van der Waals surface area contributed by atoms with Gasteiger partial charge in [0.2, 0.25) is 11.0 Å². The molecule has 0 unspecified atom stereocenters. The number of para-hydroxylation sites is 2. The van der Waals surface area contributed by atoms with Gasteiger partial charge in [0.15, 0.2) is 0 Å². The number of fused-ring (bicyclic) bond motifs is 2. The van der Waals surface area contributed by atoms with E-state index in [0.717, 1.165) is 32.9 Å². The number of thiol groups is 1. The first kappa shape index (κ1) is 30.0. The molecule has 4 aromatic rings. The number of thioether (sulfide) groups is 1. The predicted molar refractivity (Wildman–Crippen MR) is 183 cm³/mol. The maximum absolute atomic E-state index is 12.4. The molecule has 0 aromatic heterocycles. The normalized spacial score (nSPS) is 12.5. The summed E-state index contributed by atoms with van der Waals surface area (Å²) in [5.74, 6) is 1.14. The van der Waals surface area contributed by atoms with Crippen LogP contribution in [0.5, 0.6) is 0 Å². The fraction of sp³-hybridized carbons (Fsp3) is 0.114. The second-order valence-electron chi connectivity index (χ2n) is 10.4. The zero-order valence-corrected chi connectivity index (χ0v) is 26.9. The van der Waals surface area contributed by atoms with Crippen molar-refractivity contribution in [2.45, 2.75) is 15.5 Å². The van der Waals surface area contributed by atoms with E-state index in [0.29, 0.717) is 39.2 Å². The number of nitrogens with zero attached hydrogens (tertiary/aromatic N) is 2. The zero-order chi connectivity index (χ0) is 31.0. The van der Waals surface area contributed by atoms with E-state index in [1.54, 1.807) is 30.0 Å². The molecule has 0 radical (unpaired) electrons. The molecule has 0 spiro atoms. The summed E-state index contributed by atoms with van der Waals surface area (Å²) in [5, 5.41) is 1.58. The van der Waals surface area contributed by atoms with Crippen LogP contribution in [0.2, 0.25) is 0 Å². The zero-order valence-electron chi connectivity index (χ0n) is 24.4. The predicted octanol–water partition coefficient (Wildman–Crippen LogP) is 7.76. The van der Waals surface area contributed by atoms with Crippen LogP contribution < -0.4 is 14.8 Å². The Morgan fingerprint density at radius 1 is 0.886 bits per heavy atom. The third-order valence-corrected chi connectivity index (χ3v) is 9.88. The molecule has 0 saturated carbocycles. The molecular formula is C35H30N2O4S3. The molecule has 0 atom stereocenters. The number of rotatable bonds is 7. The Morgan fingerprint density at radius 2 is 1.61 bits per heavy atom. The summed E-state index contributed by atoms with van der Waals surface area (Å²) in [6.45, 7) is 0. The Bertz CT molecular complexity index is 2170. The molecule has 2 aliphatic rings. The topological polar surface area (TPSA) is 76.6 Å². The molecule has 9 heteroatoms. The van der Waals surface area contributed by atoms with Gasteiger partial charge in [-0.05, 0) is 42.7 Å². The first-order chi connectivity index (χ1) is 21.2. The first-order valence-electron chi connectivity index (χ1n) is 13.9. The third-order valence-electron chi connectivity index (χ3n) is 7.86. The molecule has 6 rings (SSSR count). The monoisotopic (exact) mass is 638 g/mol. The van der Waals surface area contributed by atoms with E-state index in [2.05, 4.69) is 34.2 Å². The standard InChI is InChI=1S/C35H30N2O4S3/c1-36(29-12-6-4-10-23(29)22-42)24-16-18-26-31(20-24)41-32-21-25(37(2)30-13-7-8-14-33(30)43-3)17-19-27(32)35(26)28-11-5-9-15-34(28)44(38,39)40/h4-21H,22H2,1-3H3,(H-,38,39,40,42). The lowest BCUT2D eigenvalue weighted by atomic mass is 9.93. The van der Waals surface area contributed by atoms with Crippen molar-refractivity contribution < 1.29 is 17.4 Å². The molecule has 0 saturated heterocycles. The highest BCUT2D eigenvalue weighted by atomic mass is 32.2. The van der Waals surface area contributed by atoms with Gasteiger partial charge in [-0.1, -0.05) is 48.5 Å². The van der Waals surface area contributed by atoms with Gasteiger partial charge in [-0.2, -0.15) is 17.2 Å². The van der Waals surface area contributed by atoms with Crippen molar-refractivity contribution in [3.8, 4) is 22.5 Å². The molecule has 1 aliphatic heterocycles. The summed E-state index contributed by atoms with van der Waals surface area (Å²) < 4.78 is 45.9. The summed E-state index contributed by atoms with van der Waals surface area (Å²) in [6.07, 6.45) is 2.05. The Labute approximate surface area is 266 Å². The highest BCUT2D eigenvalue weighted by Crippen LogP contribution is 2.43. The molecule has 1 heterocycles. The van der Waals surface area contributed by atoms with Crippen molar-refractivity contribution in [3.63, 3.8) is 0 Å². The molecular weight excluding hydrogens is 609 g/mol. The fourth-order valence-electron chi connectivity index (χ4n) is 5.62. The van der Waals surface area contributed by atoms with Crippen LogP contribution in [-0.4, -0.2) is 33.3 Å². The van der Waals surface area contributed by atoms with Gasteiger partial charge in [0.1, 0.15) is 28.5 Å². The van der Waals surface area contributed by atoms with Crippen LogP contribution in [0.3, 0.4) is 0 Å². The van der Waals surface area contributed by atoms with E-state index < -0.39 is 10.1 Å². The first-order valence-corrected chi connectivity index (χ1v) is 17.2. The lowest BCUT2D eigenvalue weighted by Gasteiger charge is -2.23. The molecule has 4 aromatic carbocycles. The maximum Gasteiger partial charge on any atom is 0.209 e. The Morgan fingerprint density at radius 3 is 2.39 bits per heavy atom. The lowest BCUT2D eigenvalue weighted by molar-refractivity contribution is 0.463. The minimum Gasteiger partial charge on any atom is -0.744 e. The van der Waals surface area contributed by atoms with Crippen LogP contribution in [0.25, 0.3) is 33.4 Å². The van der Waals surface area contributed by atoms with Gasteiger partial charge < -0.3 is 13.9 Å². The van der Waals surface area contributed by atoms with Crippen LogP contribution in [0, 0.1) is 0 Å². The summed E-state index contributed by atoms with van der Waals surface area (Å²) in [5.41, 5.74) is 6.27. The Balaban J connectivity index is 1.66. The molecule has 222 valence electrons. The molecule has 6 nitrogen and oxygen atoms in total. The van der Waals surface area contributed by atoms with Crippen molar-refractivity contribution in [3.05, 3.63) is 120 Å². The van der Waals surface area contributed by atoms with Crippen LogP contribution in [-0.2, 0) is 15.9 Å². The summed E-state index contributed by atoms with van der Waals surface area (Å²) >= 11 is 6.18. The van der Waals surface area contributed by atoms with Gasteiger partial charge in [0.05, 0.1) is 16.6 Å². The van der Waals surface area contributed by atoms with Crippen molar-refractivity contribution >= 4 is 62.5 Å². The number of hydrogen-bond donors (Lipinski definition) is 1.